The molecule has 0 radical (unpaired) electrons. The zero-order chi connectivity index (χ0) is 7.56. The maximum atomic E-state index is 12.2. The Kier molecular flexibility index (Phi) is 2.19. The van der Waals surface area contributed by atoms with Gasteiger partial charge < -0.3 is 5.11 Å². The first-order valence-electron chi connectivity index (χ1n) is 2.66. The number of hydrogen-bond acceptors (Lipinski definition) is 2. The molecular formula is C6H5ClFNO. The SMILES string of the molecule is OCc1ccc(F)nc1Cl. The van der Waals surface area contributed by atoms with Crippen LogP contribution in [-0.2, 0) is 6.61 Å². The van der Waals surface area contributed by atoms with Crippen molar-refractivity contribution in [3.63, 3.8) is 0 Å². The van der Waals surface area contributed by atoms with Crippen molar-refractivity contribution >= 4 is 11.6 Å². The minimum atomic E-state index is -0.637. The Bertz CT molecular complexity index is 241. The predicted molar refractivity (Wildman–Crippen MR) is 35.1 cm³/mol. The van der Waals surface area contributed by atoms with Gasteiger partial charge in [0.25, 0.3) is 0 Å². The average Bonchev–Trinajstić information content (AvgIpc) is 1.88. The smallest absolute Gasteiger partial charge is 0.214 e. The van der Waals surface area contributed by atoms with Crippen LogP contribution < -0.4 is 0 Å². The van der Waals surface area contributed by atoms with Crippen LogP contribution in [0.4, 0.5) is 4.39 Å². The molecule has 0 atom stereocenters. The Morgan fingerprint density at radius 1 is 1.60 bits per heavy atom. The fraction of sp³-hybridized carbons (Fsp3) is 0.167. The third kappa shape index (κ3) is 1.43. The third-order valence-electron chi connectivity index (χ3n) is 1.06. The first-order valence-corrected chi connectivity index (χ1v) is 3.03. The van der Waals surface area contributed by atoms with E-state index >= 15 is 0 Å². The zero-order valence-corrected chi connectivity index (χ0v) is 5.77. The molecule has 0 aliphatic carbocycles. The second-order valence-corrected chi connectivity index (χ2v) is 2.10. The van der Waals surface area contributed by atoms with Gasteiger partial charge in [-0.25, -0.2) is 4.98 Å². The molecule has 1 N–H and O–H groups in total. The van der Waals surface area contributed by atoms with Gasteiger partial charge in [-0.2, -0.15) is 4.39 Å². The highest BCUT2D eigenvalue weighted by atomic mass is 35.5. The molecule has 0 aliphatic heterocycles. The Morgan fingerprint density at radius 2 is 2.30 bits per heavy atom. The molecule has 0 amide bonds. The molecule has 0 spiro atoms. The summed E-state index contributed by atoms with van der Waals surface area (Å²) >= 11 is 5.42. The van der Waals surface area contributed by atoms with Crippen molar-refractivity contribution < 1.29 is 9.50 Å². The molecule has 10 heavy (non-hydrogen) atoms. The van der Waals surface area contributed by atoms with Crippen LogP contribution in [0.3, 0.4) is 0 Å². The van der Waals surface area contributed by atoms with E-state index in [4.69, 9.17) is 16.7 Å². The van der Waals surface area contributed by atoms with E-state index in [1.807, 2.05) is 0 Å². The van der Waals surface area contributed by atoms with E-state index in [0.29, 0.717) is 5.56 Å². The highest BCUT2D eigenvalue weighted by Crippen LogP contribution is 2.12. The molecule has 0 fully saturated rings. The van der Waals surface area contributed by atoms with Crippen molar-refractivity contribution in [3.05, 3.63) is 28.8 Å². The van der Waals surface area contributed by atoms with Crippen molar-refractivity contribution in [3.8, 4) is 0 Å². The summed E-state index contributed by atoms with van der Waals surface area (Å²) in [6.07, 6.45) is 0. The fourth-order valence-electron chi connectivity index (χ4n) is 0.559. The van der Waals surface area contributed by atoms with Gasteiger partial charge >= 0.3 is 0 Å². The standard InChI is InChI=1S/C6H5ClFNO/c7-6-4(3-10)1-2-5(8)9-6/h1-2,10H,3H2. The fourth-order valence-corrected chi connectivity index (χ4v) is 0.762. The molecule has 1 heterocycles. The number of halogens is 2. The first-order chi connectivity index (χ1) is 4.74. The van der Waals surface area contributed by atoms with Gasteiger partial charge in [-0.15, -0.1) is 0 Å². The Labute approximate surface area is 62.3 Å². The van der Waals surface area contributed by atoms with Gasteiger partial charge in [0.05, 0.1) is 6.61 Å². The summed E-state index contributed by atoms with van der Waals surface area (Å²) < 4.78 is 12.2. The van der Waals surface area contributed by atoms with Crippen LogP contribution >= 0.6 is 11.6 Å². The lowest BCUT2D eigenvalue weighted by molar-refractivity contribution is 0.281. The summed E-state index contributed by atoms with van der Waals surface area (Å²) in [5.41, 5.74) is 0.433. The average molecular weight is 162 g/mol. The number of hydrogen-bond donors (Lipinski definition) is 1. The molecule has 54 valence electrons. The van der Waals surface area contributed by atoms with Crippen LogP contribution in [-0.4, -0.2) is 10.1 Å². The van der Waals surface area contributed by atoms with Crippen molar-refractivity contribution in [2.24, 2.45) is 0 Å². The van der Waals surface area contributed by atoms with E-state index in [1.165, 1.54) is 6.07 Å². The Hall–Kier alpha value is -0.670. The number of aromatic nitrogens is 1. The Balaban J connectivity index is 3.07. The summed E-state index contributed by atoms with van der Waals surface area (Å²) in [6.45, 7) is -0.216. The van der Waals surface area contributed by atoms with Gasteiger partial charge in [0.2, 0.25) is 5.95 Å². The lowest BCUT2D eigenvalue weighted by Gasteiger charge is -1.96. The molecule has 0 aliphatic rings. The van der Waals surface area contributed by atoms with E-state index in [9.17, 15) is 4.39 Å². The maximum absolute atomic E-state index is 12.2. The molecule has 1 aromatic heterocycles. The number of aliphatic hydroxyl groups is 1. The van der Waals surface area contributed by atoms with E-state index in [0.717, 1.165) is 6.07 Å². The van der Waals surface area contributed by atoms with Gasteiger partial charge in [-0.1, -0.05) is 11.6 Å². The maximum Gasteiger partial charge on any atom is 0.214 e. The van der Waals surface area contributed by atoms with Crippen LogP contribution in [0.15, 0.2) is 12.1 Å². The molecule has 0 saturated heterocycles. The first kappa shape index (κ1) is 7.44. The van der Waals surface area contributed by atoms with Crippen molar-refractivity contribution in [1.82, 2.24) is 4.98 Å². The normalized spacial score (nSPS) is 9.90. The quantitative estimate of drug-likeness (QED) is 0.631. The second kappa shape index (κ2) is 2.94. The number of aliphatic hydroxyl groups excluding tert-OH is 1. The summed E-state index contributed by atoms with van der Waals surface area (Å²) in [5, 5.41) is 8.58. The third-order valence-corrected chi connectivity index (χ3v) is 1.39. The molecule has 0 aromatic carbocycles. The summed E-state index contributed by atoms with van der Waals surface area (Å²) in [7, 11) is 0. The topological polar surface area (TPSA) is 33.1 Å². The van der Waals surface area contributed by atoms with E-state index < -0.39 is 5.95 Å². The van der Waals surface area contributed by atoms with Crippen LogP contribution in [0.2, 0.25) is 5.15 Å². The second-order valence-electron chi connectivity index (χ2n) is 1.74. The molecule has 0 bridgehead atoms. The number of nitrogens with zero attached hydrogens (tertiary/aromatic N) is 1. The van der Waals surface area contributed by atoms with E-state index in [-0.39, 0.29) is 11.8 Å². The monoisotopic (exact) mass is 161 g/mol. The largest absolute Gasteiger partial charge is 0.392 e. The van der Waals surface area contributed by atoms with Gasteiger partial charge in [0.15, 0.2) is 0 Å². The van der Waals surface area contributed by atoms with Gasteiger partial charge in [-0.3, -0.25) is 0 Å². The van der Waals surface area contributed by atoms with E-state index in [2.05, 4.69) is 4.98 Å². The summed E-state index contributed by atoms with van der Waals surface area (Å²) in [4.78, 5) is 3.28. The lowest BCUT2D eigenvalue weighted by Crippen LogP contribution is -1.90. The summed E-state index contributed by atoms with van der Waals surface area (Å²) in [6, 6.07) is 2.54. The molecule has 0 unspecified atom stereocenters. The molecule has 1 rings (SSSR count). The van der Waals surface area contributed by atoms with Crippen molar-refractivity contribution in [2.45, 2.75) is 6.61 Å². The highest BCUT2D eigenvalue weighted by molar-refractivity contribution is 6.30. The van der Waals surface area contributed by atoms with E-state index in [1.54, 1.807) is 0 Å². The zero-order valence-electron chi connectivity index (χ0n) is 5.01. The van der Waals surface area contributed by atoms with Crippen LogP contribution in [0.5, 0.6) is 0 Å². The number of pyridine rings is 1. The summed E-state index contributed by atoms with van der Waals surface area (Å²) in [5.74, 6) is -0.637. The number of rotatable bonds is 1. The van der Waals surface area contributed by atoms with Crippen LogP contribution in [0, 0.1) is 5.95 Å². The van der Waals surface area contributed by atoms with Crippen molar-refractivity contribution in [2.75, 3.05) is 0 Å². The lowest BCUT2D eigenvalue weighted by atomic mass is 10.3. The van der Waals surface area contributed by atoms with Crippen LogP contribution in [0.1, 0.15) is 5.56 Å². The minimum Gasteiger partial charge on any atom is -0.392 e. The van der Waals surface area contributed by atoms with Gasteiger partial charge in [0.1, 0.15) is 5.15 Å². The molecule has 2 nitrogen and oxygen atoms in total. The molecule has 4 heteroatoms. The van der Waals surface area contributed by atoms with Crippen LogP contribution in [0.25, 0.3) is 0 Å². The minimum absolute atomic E-state index is 0.0162. The Morgan fingerprint density at radius 3 is 2.80 bits per heavy atom. The van der Waals surface area contributed by atoms with Gasteiger partial charge in [0, 0.05) is 5.56 Å². The molecule has 1 aromatic rings. The molecular weight excluding hydrogens is 157 g/mol. The van der Waals surface area contributed by atoms with Crippen molar-refractivity contribution in [1.29, 1.82) is 0 Å². The van der Waals surface area contributed by atoms with Gasteiger partial charge in [-0.05, 0) is 12.1 Å². The predicted octanol–water partition coefficient (Wildman–Crippen LogP) is 1.37. The molecule has 0 saturated carbocycles. The highest BCUT2D eigenvalue weighted by Gasteiger charge is 2.00.